The number of hydrogen-bond acceptors (Lipinski definition) is 1. The minimum absolute atomic E-state index is 0.234. The topological polar surface area (TPSA) is 30.9 Å². The Labute approximate surface area is 86.1 Å². The van der Waals surface area contributed by atoms with E-state index in [2.05, 4.69) is 37.6 Å². The first-order valence-electron chi connectivity index (χ1n) is 5.52. The highest BCUT2D eigenvalue weighted by molar-refractivity contribution is 5.31. The molecule has 1 aromatic heterocycles. The Morgan fingerprint density at radius 2 is 2.29 bits per heavy atom. The van der Waals surface area contributed by atoms with Crippen LogP contribution in [0, 0.1) is 0 Å². The first-order chi connectivity index (χ1) is 6.56. The maximum absolute atomic E-state index is 6.03. The van der Waals surface area contributed by atoms with E-state index < -0.39 is 0 Å². The van der Waals surface area contributed by atoms with E-state index in [1.54, 1.807) is 0 Å². The molecule has 0 fully saturated rings. The molecule has 1 aliphatic carbocycles. The fraction of sp³-hybridized carbons (Fsp3) is 0.667. The van der Waals surface area contributed by atoms with Crippen molar-refractivity contribution < 1.29 is 0 Å². The van der Waals surface area contributed by atoms with Crippen LogP contribution >= 0.6 is 0 Å². The molecule has 0 aliphatic heterocycles. The van der Waals surface area contributed by atoms with E-state index in [4.69, 9.17) is 5.73 Å². The molecule has 0 saturated carbocycles. The Kier molecular flexibility index (Phi) is 2.18. The molecule has 0 amide bonds. The molecule has 0 aromatic carbocycles. The fourth-order valence-electron chi connectivity index (χ4n) is 2.27. The highest BCUT2D eigenvalue weighted by Gasteiger charge is 2.27. The van der Waals surface area contributed by atoms with Crippen molar-refractivity contribution >= 4 is 0 Å². The van der Waals surface area contributed by atoms with Gasteiger partial charge in [0.15, 0.2) is 0 Å². The molecule has 0 saturated heterocycles. The van der Waals surface area contributed by atoms with Gasteiger partial charge >= 0.3 is 0 Å². The normalized spacial score (nSPS) is 21.3. The average molecular weight is 192 g/mol. The zero-order chi connectivity index (χ0) is 10.3. The molecule has 1 atom stereocenters. The number of rotatable bonds is 2. The van der Waals surface area contributed by atoms with E-state index >= 15 is 0 Å². The Morgan fingerprint density at radius 3 is 2.93 bits per heavy atom. The largest absolute Gasteiger partial charge is 0.346 e. The van der Waals surface area contributed by atoms with Gasteiger partial charge in [-0.2, -0.15) is 0 Å². The van der Waals surface area contributed by atoms with Crippen LogP contribution in [0.15, 0.2) is 12.3 Å². The zero-order valence-corrected chi connectivity index (χ0v) is 9.38. The first-order valence-corrected chi connectivity index (χ1v) is 5.52. The Bertz CT molecular complexity index is 336. The van der Waals surface area contributed by atoms with E-state index in [0.29, 0.717) is 0 Å². The van der Waals surface area contributed by atoms with Crippen LogP contribution in [0.4, 0.5) is 0 Å². The molecule has 2 rings (SSSR count). The molecule has 1 aliphatic rings. The average Bonchev–Trinajstić information content (AvgIpc) is 2.69. The number of nitrogens with two attached hydrogens (primary N) is 1. The Morgan fingerprint density at radius 1 is 1.57 bits per heavy atom. The van der Waals surface area contributed by atoms with Gasteiger partial charge in [0.25, 0.3) is 0 Å². The molecular formula is C12H20N2. The van der Waals surface area contributed by atoms with Crippen LogP contribution in [0.3, 0.4) is 0 Å². The molecule has 0 radical (unpaired) electrons. The van der Waals surface area contributed by atoms with Crippen molar-refractivity contribution in [3.8, 4) is 0 Å². The third kappa shape index (κ3) is 1.29. The summed E-state index contributed by atoms with van der Waals surface area (Å²) in [6, 6.07) is 2.48. The van der Waals surface area contributed by atoms with Gasteiger partial charge in [-0.05, 0) is 44.7 Å². The van der Waals surface area contributed by atoms with E-state index in [1.807, 2.05) is 0 Å². The molecule has 78 valence electrons. The minimum atomic E-state index is 0.234. The zero-order valence-electron chi connectivity index (χ0n) is 9.38. The standard InChI is InChI=1S/C12H20N2/c1-4-12(2,3)14-8-7-9-10(13)5-6-11(9)14/h7-8,10H,4-6,13H2,1-3H3. The molecule has 0 bridgehead atoms. The van der Waals surface area contributed by atoms with Crippen molar-refractivity contribution in [3.05, 3.63) is 23.5 Å². The third-order valence-electron chi connectivity index (χ3n) is 3.64. The van der Waals surface area contributed by atoms with Crippen LogP contribution in [0.25, 0.3) is 0 Å². The lowest BCUT2D eigenvalue weighted by Gasteiger charge is -2.27. The highest BCUT2D eigenvalue weighted by atomic mass is 15.1. The molecule has 1 unspecified atom stereocenters. The SMILES string of the molecule is CCC(C)(C)n1ccc2c1CCC2N. The van der Waals surface area contributed by atoms with Crippen LogP contribution in [-0.4, -0.2) is 4.57 Å². The quantitative estimate of drug-likeness (QED) is 0.767. The van der Waals surface area contributed by atoms with Crippen LogP contribution in [0.5, 0.6) is 0 Å². The van der Waals surface area contributed by atoms with Crippen molar-refractivity contribution in [3.63, 3.8) is 0 Å². The van der Waals surface area contributed by atoms with Crippen LogP contribution < -0.4 is 5.73 Å². The van der Waals surface area contributed by atoms with Crippen molar-refractivity contribution in [1.29, 1.82) is 0 Å². The summed E-state index contributed by atoms with van der Waals surface area (Å²) in [7, 11) is 0. The second-order valence-electron chi connectivity index (χ2n) is 4.90. The number of hydrogen-bond donors (Lipinski definition) is 1. The lowest BCUT2D eigenvalue weighted by atomic mass is 10.0. The smallest absolute Gasteiger partial charge is 0.0383 e. The first kappa shape index (κ1) is 9.78. The molecule has 0 spiro atoms. The van der Waals surface area contributed by atoms with Crippen LogP contribution in [-0.2, 0) is 12.0 Å². The van der Waals surface area contributed by atoms with E-state index in [-0.39, 0.29) is 11.6 Å². The summed E-state index contributed by atoms with van der Waals surface area (Å²) in [4.78, 5) is 0. The summed E-state index contributed by atoms with van der Waals surface area (Å²) in [6.45, 7) is 6.82. The van der Waals surface area contributed by atoms with Crippen molar-refractivity contribution in [2.45, 2.75) is 51.6 Å². The number of nitrogens with zero attached hydrogens (tertiary/aromatic N) is 1. The van der Waals surface area contributed by atoms with Gasteiger partial charge in [0.05, 0.1) is 0 Å². The highest BCUT2D eigenvalue weighted by Crippen LogP contribution is 2.34. The lowest BCUT2D eigenvalue weighted by Crippen LogP contribution is -2.25. The molecule has 1 aromatic rings. The number of fused-ring (bicyclic) bond motifs is 1. The Hall–Kier alpha value is -0.760. The molecule has 2 heteroatoms. The summed E-state index contributed by atoms with van der Waals surface area (Å²) in [5.74, 6) is 0. The lowest BCUT2D eigenvalue weighted by molar-refractivity contribution is 0.334. The Balaban J connectivity index is 2.43. The second-order valence-corrected chi connectivity index (χ2v) is 4.90. The van der Waals surface area contributed by atoms with E-state index in [9.17, 15) is 0 Å². The molecule has 1 heterocycles. The summed E-state index contributed by atoms with van der Waals surface area (Å²) >= 11 is 0. The van der Waals surface area contributed by atoms with Crippen molar-refractivity contribution in [2.24, 2.45) is 5.73 Å². The molecule has 14 heavy (non-hydrogen) atoms. The van der Waals surface area contributed by atoms with E-state index in [0.717, 1.165) is 19.3 Å². The van der Waals surface area contributed by atoms with Gasteiger partial charge in [-0.25, -0.2) is 0 Å². The van der Waals surface area contributed by atoms with Gasteiger partial charge < -0.3 is 10.3 Å². The summed E-state index contributed by atoms with van der Waals surface area (Å²) in [5.41, 5.74) is 9.09. The summed E-state index contributed by atoms with van der Waals surface area (Å²) in [5, 5.41) is 0. The van der Waals surface area contributed by atoms with Gasteiger partial charge in [-0.3, -0.25) is 0 Å². The van der Waals surface area contributed by atoms with E-state index in [1.165, 1.54) is 11.3 Å². The summed E-state index contributed by atoms with van der Waals surface area (Å²) in [6.07, 6.45) is 5.62. The maximum Gasteiger partial charge on any atom is 0.0383 e. The number of aromatic nitrogens is 1. The summed E-state index contributed by atoms with van der Waals surface area (Å²) < 4.78 is 2.41. The maximum atomic E-state index is 6.03. The fourth-order valence-corrected chi connectivity index (χ4v) is 2.27. The van der Waals surface area contributed by atoms with Crippen LogP contribution in [0.1, 0.15) is 50.9 Å². The minimum Gasteiger partial charge on any atom is -0.346 e. The predicted octanol–water partition coefficient (Wildman–Crippen LogP) is 2.58. The van der Waals surface area contributed by atoms with Gasteiger partial charge in [0, 0.05) is 23.5 Å². The van der Waals surface area contributed by atoms with Crippen molar-refractivity contribution in [2.75, 3.05) is 0 Å². The monoisotopic (exact) mass is 192 g/mol. The van der Waals surface area contributed by atoms with Gasteiger partial charge in [0.1, 0.15) is 0 Å². The molecule has 2 nitrogen and oxygen atoms in total. The van der Waals surface area contributed by atoms with Gasteiger partial charge in [-0.1, -0.05) is 6.92 Å². The van der Waals surface area contributed by atoms with Crippen molar-refractivity contribution in [1.82, 2.24) is 4.57 Å². The molecular weight excluding hydrogens is 172 g/mol. The van der Waals surface area contributed by atoms with Gasteiger partial charge in [0.2, 0.25) is 0 Å². The third-order valence-corrected chi connectivity index (χ3v) is 3.64. The van der Waals surface area contributed by atoms with Crippen LogP contribution in [0.2, 0.25) is 0 Å². The second kappa shape index (κ2) is 3.13. The van der Waals surface area contributed by atoms with Gasteiger partial charge in [-0.15, -0.1) is 0 Å². The predicted molar refractivity (Wildman–Crippen MR) is 59.3 cm³/mol. The molecule has 2 N–H and O–H groups in total.